The fraction of sp³-hybridized carbons (Fsp3) is 0.571. The molecule has 0 spiro atoms. The fourth-order valence-electron chi connectivity index (χ4n) is 1.77. The third kappa shape index (κ3) is 5.58. The Balaban J connectivity index is 2.52. The zero-order valence-electron chi connectivity index (χ0n) is 12.3. The van der Waals surface area contributed by atoms with Crippen molar-refractivity contribution >= 4 is 10.0 Å². The van der Waals surface area contributed by atoms with E-state index in [-0.39, 0.29) is 4.90 Å². The summed E-state index contributed by atoms with van der Waals surface area (Å²) in [5.74, 6) is 0. The van der Waals surface area contributed by atoms with E-state index in [1.165, 1.54) is 12.1 Å². The summed E-state index contributed by atoms with van der Waals surface area (Å²) in [6, 6.07) is 6.30. The van der Waals surface area contributed by atoms with Crippen LogP contribution in [0.2, 0.25) is 0 Å². The van der Waals surface area contributed by atoms with Crippen LogP contribution in [0, 0.1) is 0 Å². The quantitative estimate of drug-likeness (QED) is 0.711. The lowest BCUT2D eigenvalue weighted by atomic mass is 10.1. The average Bonchev–Trinajstić information content (AvgIpc) is 2.38. The summed E-state index contributed by atoms with van der Waals surface area (Å²) in [5.41, 5.74) is 0.704. The zero-order valence-corrected chi connectivity index (χ0v) is 13.2. The first-order valence-corrected chi connectivity index (χ1v) is 8.23. The van der Waals surface area contributed by atoms with Crippen molar-refractivity contribution in [2.75, 3.05) is 27.2 Å². The number of nitrogens with zero attached hydrogens (tertiary/aromatic N) is 1. The molecule has 0 aliphatic carbocycles. The van der Waals surface area contributed by atoms with Gasteiger partial charge < -0.3 is 10.0 Å². The normalized spacial score (nSPS) is 13.7. The number of benzene rings is 1. The molecule has 6 heteroatoms. The van der Waals surface area contributed by atoms with E-state index in [0.717, 1.165) is 19.4 Å². The molecule has 0 aromatic heterocycles. The number of sulfonamides is 1. The van der Waals surface area contributed by atoms with Gasteiger partial charge in [-0.15, -0.1) is 0 Å². The highest BCUT2D eigenvalue weighted by atomic mass is 32.2. The van der Waals surface area contributed by atoms with Gasteiger partial charge in [0.1, 0.15) is 0 Å². The maximum atomic E-state index is 12.0. The third-order valence-electron chi connectivity index (χ3n) is 3.00. The molecule has 0 radical (unpaired) electrons. The van der Waals surface area contributed by atoms with Gasteiger partial charge in [0, 0.05) is 6.54 Å². The van der Waals surface area contributed by atoms with Crippen LogP contribution in [0.4, 0.5) is 0 Å². The Morgan fingerprint density at radius 2 is 1.80 bits per heavy atom. The monoisotopic (exact) mass is 300 g/mol. The molecule has 0 aliphatic rings. The molecule has 1 aromatic rings. The summed E-state index contributed by atoms with van der Waals surface area (Å²) < 4.78 is 26.6. The SMILES string of the molecule is CC(O)c1ccc(S(=O)(=O)NCCCCN(C)C)cc1. The van der Waals surface area contributed by atoms with Crippen LogP contribution in [-0.4, -0.2) is 45.6 Å². The van der Waals surface area contributed by atoms with Crippen LogP contribution in [0.1, 0.15) is 31.4 Å². The first kappa shape index (κ1) is 17.1. The Labute approximate surface area is 121 Å². The van der Waals surface area contributed by atoms with Crippen molar-refractivity contribution in [2.45, 2.75) is 30.8 Å². The maximum absolute atomic E-state index is 12.0. The molecule has 114 valence electrons. The van der Waals surface area contributed by atoms with Crippen molar-refractivity contribution in [3.63, 3.8) is 0 Å². The van der Waals surface area contributed by atoms with Gasteiger partial charge in [-0.25, -0.2) is 13.1 Å². The van der Waals surface area contributed by atoms with Crippen molar-refractivity contribution in [3.8, 4) is 0 Å². The standard InChI is InChI=1S/C14H24N2O3S/c1-12(17)13-6-8-14(9-7-13)20(18,19)15-10-4-5-11-16(2)3/h6-9,12,15,17H,4-5,10-11H2,1-3H3. The lowest BCUT2D eigenvalue weighted by molar-refractivity contribution is 0.199. The van der Waals surface area contributed by atoms with E-state index in [2.05, 4.69) is 9.62 Å². The Morgan fingerprint density at radius 1 is 1.20 bits per heavy atom. The second-order valence-electron chi connectivity index (χ2n) is 5.15. The Morgan fingerprint density at radius 3 is 2.30 bits per heavy atom. The van der Waals surface area contributed by atoms with Crippen LogP contribution in [0.15, 0.2) is 29.2 Å². The van der Waals surface area contributed by atoms with E-state index in [0.29, 0.717) is 12.1 Å². The van der Waals surface area contributed by atoms with E-state index >= 15 is 0 Å². The molecule has 5 nitrogen and oxygen atoms in total. The fourth-order valence-corrected chi connectivity index (χ4v) is 2.84. The van der Waals surface area contributed by atoms with Crippen molar-refractivity contribution in [1.82, 2.24) is 9.62 Å². The van der Waals surface area contributed by atoms with Crippen LogP contribution in [0.3, 0.4) is 0 Å². The van der Waals surface area contributed by atoms with Crippen LogP contribution >= 0.6 is 0 Å². The topological polar surface area (TPSA) is 69.6 Å². The zero-order chi connectivity index (χ0) is 15.2. The number of aliphatic hydroxyl groups is 1. The number of hydrogen-bond donors (Lipinski definition) is 2. The van der Waals surface area contributed by atoms with Gasteiger partial charge >= 0.3 is 0 Å². The second kappa shape index (κ2) is 7.73. The van der Waals surface area contributed by atoms with E-state index in [1.807, 2.05) is 14.1 Å². The van der Waals surface area contributed by atoms with E-state index in [9.17, 15) is 13.5 Å². The number of nitrogens with one attached hydrogen (secondary N) is 1. The van der Waals surface area contributed by atoms with Crippen molar-refractivity contribution in [1.29, 1.82) is 0 Å². The molecule has 0 saturated carbocycles. The van der Waals surface area contributed by atoms with Gasteiger partial charge in [0.05, 0.1) is 11.0 Å². The van der Waals surface area contributed by atoms with Crippen LogP contribution < -0.4 is 4.72 Å². The van der Waals surface area contributed by atoms with Gasteiger partial charge in [-0.2, -0.15) is 0 Å². The molecule has 0 amide bonds. The van der Waals surface area contributed by atoms with Gasteiger partial charge in [0.15, 0.2) is 0 Å². The summed E-state index contributed by atoms with van der Waals surface area (Å²) in [6.07, 6.45) is 1.17. The second-order valence-corrected chi connectivity index (χ2v) is 6.92. The summed E-state index contributed by atoms with van der Waals surface area (Å²) in [6.45, 7) is 3.03. The van der Waals surface area contributed by atoms with Crippen LogP contribution in [0.5, 0.6) is 0 Å². The number of hydrogen-bond acceptors (Lipinski definition) is 4. The molecular weight excluding hydrogens is 276 g/mol. The van der Waals surface area contributed by atoms with E-state index in [4.69, 9.17) is 0 Å². The molecule has 0 heterocycles. The first-order chi connectivity index (χ1) is 9.33. The third-order valence-corrected chi connectivity index (χ3v) is 4.47. The van der Waals surface area contributed by atoms with Gasteiger partial charge in [0.25, 0.3) is 0 Å². The van der Waals surface area contributed by atoms with Gasteiger partial charge in [0.2, 0.25) is 10.0 Å². The summed E-state index contributed by atoms with van der Waals surface area (Å²) in [4.78, 5) is 2.30. The lowest BCUT2D eigenvalue weighted by Crippen LogP contribution is -2.25. The minimum Gasteiger partial charge on any atom is -0.389 e. The molecule has 1 atom stereocenters. The highest BCUT2D eigenvalue weighted by molar-refractivity contribution is 7.89. The van der Waals surface area contributed by atoms with Crippen molar-refractivity contribution < 1.29 is 13.5 Å². The Kier molecular flexibility index (Phi) is 6.61. The molecular formula is C14H24N2O3S. The average molecular weight is 300 g/mol. The molecule has 1 rings (SSSR count). The maximum Gasteiger partial charge on any atom is 0.240 e. The van der Waals surface area contributed by atoms with Crippen molar-refractivity contribution in [3.05, 3.63) is 29.8 Å². The lowest BCUT2D eigenvalue weighted by Gasteiger charge is -2.10. The summed E-state index contributed by atoms with van der Waals surface area (Å²) in [5, 5.41) is 9.39. The Hall–Kier alpha value is -0.950. The summed E-state index contributed by atoms with van der Waals surface area (Å²) in [7, 11) is 0.539. The highest BCUT2D eigenvalue weighted by Crippen LogP contribution is 2.15. The van der Waals surface area contributed by atoms with Gasteiger partial charge in [-0.3, -0.25) is 0 Å². The molecule has 2 N–H and O–H groups in total. The van der Waals surface area contributed by atoms with E-state index < -0.39 is 16.1 Å². The molecule has 0 saturated heterocycles. The van der Waals surface area contributed by atoms with E-state index in [1.54, 1.807) is 19.1 Å². The molecule has 0 aliphatic heterocycles. The summed E-state index contributed by atoms with van der Waals surface area (Å²) >= 11 is 0. The van der Waals surface area contributed by atoms with Gasteiger partial charge in [-0.05, 0) is 58.1 Å². The molecule has 0 bridgehead atoms. The predicted molar refractivity (Wildman–Crippen MR) is 80.1 cm³/mol. The smallest absolute Gasteiger partial charge is 0.240 e. The minimum absolute atomic E-state index is 0.231. The molecule has 20 heavy (non-hydrogen) atoms. The molecule has 0 fully saturated rings. The predicted octanol–water partition coefficient (Wildman–Crippen LogP) is 1.36. The molecule has 1 unspecified atom stereocenters. The Bertz CT molecular complexity index is 496. The van der Waals surface area contributed by atoms with Crippen molar-refractivity contribution in [2.24, 2.45) is 0 Å². The number of unbranched alkanes of at least 4 members (excludes halogenated alkanes) is 1. The first-order valence-electron chi connectivity index (χ1n) is 6.75. The van der Waals surface area contributed by atoms with Crippen LogP contribution in [-0.2, 0) is 10.0 Å². The van der Waals surface area contributed by atoms with Gasteiger partial charge in [-0.1, -0.05) is 12.1 Å². The largest absolute Gasteiger partial charge is 0.389 e. The number of aliphatic hydroxyl groups excluding tert-OH is 1. The highest BCUT2D eigenvalue weighted by Gasteiger charge is 2.13. The minimum atomic E-state index is -3.45. The number of rotatable bonds is 8. The van der Waals surface area contributed by atoms with Crippen LogP contribution in [0.25, 0.3) is 0 Å². The molecule has 1 aromatic carbocycles.